The molecule has 134 valence electrons. The molecule has 0 aliphatic carbocycles. The van der Waals surface area contributed by atoms with Crippen molar-refractivity contribution in [2.75, 3.05) is 39.8 Å². The van der Waals surface area contributed by atoms with Gasteiger partial charge in [-0.25, -0.2) is 4.79 Å². The molecule has 0 unspecified atom stereocenters. The van der Waals surface area contributed by atoms with E-state index in [1.807, 2.05) is 32.8 Å². The van der Waals surface area contributed by atoms with Gasteiger partial charge in [0.25, 0.3) is 0 Å². The normalized spacial score (nSPS) is 25.2. The summed E-state index contributed by atoms with van der Waals surface area (Å²) in [6, 6.07) is 0. The van der Waals surface area contributed by atoms with Gasteiger partial charge in [0, 0.05) is 39.8 Å². The van der Waals surface area contributed by atoms with Crippen molar-refractivity contribution in [3.8, 4) is 0 Å². The quantitative estimate of drug-likeness (QED) is 0.799. The Labute approximate surface area is 141 Å². The lowest BCUT2D eigenvalue weighted by Crippen LogP contribution is -2.43. The van der Waals surface area contributed by atoms with Gasteiger partial charge in [0.15, 0.2) is 0 Å². The number of amides is 1. The Kier molecular flexibility index (Phi) is 6.72. The van der Waals surface area contributed by atoms with Crippen molar-refractivity contribution in [2.45, 2.75) is 64.6 Å². The van der Waals surface area contributed by atoms with Gasteiger partial charge < -0.3 is 19.3 Å². The molecular formula is C18H34N2O3. The Bertz CT molecular complexity index is 373. The van der Waals surface area contributed by atoms with Crippen LogP contribution in [0.1, 0.15) is 52.9 Å². The van der Waals surface area contributed by atoms with Gasteiger partial charge in [-0.15, -0.1) is 0 Å². The summed E-state index contributed by atoms with van der Waals surface area (Å²) in [5.74, 6) is 0.559. The first-order chi connectivity index (χ1) is 10.9. The lowest BCUT2D eigenvalue weighted by molar-refractivity contribution is 0.0188. The number of carbonyl (C=O) groups is 1. The first-order valence-corrected chi connectivity index (χ1v) is 9.10. The predicted octanol–water partition coefficient (Wildman–Crippen LogP) is 3.13. The van der Waals surface area contributed by atoms with Crippen molar-refractivity contribution < 1.29 is 14.3 Å². The van der Waals surface area contributed by atoms with Crippen molar-refractivity contribution in [1.82, 2.24) is 9.80 Å². The predicted molar refractivity (Wildman–Crippen MR) is 91.6 cm³/mol. The van der Waals surface area contributed by atoms with Gasteiger partial charge in [0.05, 0.1) is 6.10 Å². The maximum atomic E-state index is 12.4. The van der Waals surface area contributed by atoms with Gasteiger partial charge >= 0.3 is 6.09 Å². The van der Waals surface area contributed by atoms with E-state index in [-0.39, 0.29) is 6.09 Å². The van der Waals surface area contributed by atoms with Crippen LogP contribution in [-0.4, -0.2) is 67.4 Å². The maximum Gasteiger partial charge on any atom is 0.410 e. The van der Waals surface area contributed by atoms with Crippen LogP contribution in [0.25, 0.3) is 0 Å². The Hall–Kier alpha value is -0.810. The van der Waals surface area contributed by atoms with Gasteiger partial charge in [-0.2, -0.15) is 0 Å². The van der Waals surface area contributed by atoms with Crippen LogP contribution in [-0.2, 0) is 9.47 Å². The molecule has 0 bridgehead atoms. The van der Waals surface area contributed by atoms with Gasteiger partial charge in [-0.3, -0.25) is 0 Å². The van der Waals surface area contributed by atoms with E-state index in [4.69, 9.17) is 9.47 Å². The van der Waals surface area contributed by atoms with Crippen molar-refractivity contribution in [3.05, 3.63) is 0 Å². The number of methoxy groups -OCH3 is 1. The SMILES string of the molecule is COC1CCN(C[C@@H]2CCCCN(C(=O)OC(C)(C)C)C2)CC1. The minimum atomic E-state index is -0.416. The first-order valence-electron chi connectivity index (χ1n) is 9.10. The first kappa shape index (κ1) is 18.5. The highest BCUT2D eigenvalue weighted by Gasteiger charge is 2.28. The molecule has 0 N–H and O–H groups in total. The molecule has 0 saturated carbocycles. The van der Waals surface area contributed by atoms with Crippen LogP contribution in [0.3, 0.4) is 0 Å². The summed E-state index contributed by atoms with van der Waals surface area (Å²) < 4.78 is 11.0. The monoisotopic (exact) mass is 326 g/mol. The van der Waals surface area contributed by atoms with E-state index in [0.717, 1.165) is 52.0 Å². The highest BCUT2D eigenvalue weighted by Crippen LogP contribution is 2.22. The zero-order valence-corrected chi connectivity index (χ0v) is 15.3. The van der Waals surface area contributed by atoms with Gasteiger partial charge in [0.1, 0.15) is 5.60 Å². The number of hydrogen-bond donors (Lipinski definition) is 0. The molecule has 2 fully saturated rings. The number of nitrogens with zero attached hydrogens (tertiary/aromatic N) is 2. The molecule has 5 heteroatoms. The molecular weight excluding hydrogens is 292 g/mol. The molecule has 0 aromatic carbocycles. The van der Waals surface area contributed by atoms with Gasteiger partial charge in [0.2, 0.25) is 0 Å². The van der Waals surface area contributed by atoms with E-state index in [1.54, 1.807) is 0 Å². The number of carbonyl (C=O) groups excluding carboxylic acids is 1. The second-order valence-corrected chi connectivity index (χ2v) is 8.02. The summed E-state index contributed by atoms with van der Waals surface area (Å²) in [7, 11) is 1.81. The van der Waals surface area contributed by atoms with Gasteiger partial charge in [-0.05, 0) is 52.4 Å². The van der Waals surface area contributed by atoms with Crippen molar-refractivity contribution in [2.24, 2.45) is 5.92 Å². The van der Waals surface area contributed by atoms with Crippen LogP contribution in [0.15, 0.2) is 0 Å². The largest absolute Gasteiger partial charge is 0.444 e. The molecule has 2 rings (SSSR count). The lowest BCUT2D eigenvalue weighted by Gasteiger charge is -2.34. The van der Waals surface area contributed by atoms with Crippen molar-refractivity contribution in [3.63, 3.8) is 0 Å². The summed E-state index contributed by atoms with van der Waals surface area (Å²) in [5.41, 5.74) is -0.416. The Balaban J connectivity index is 1.83. The molecule has 0 spiro atoms. The van der Waals surface area contributed by atoms with Gasteiger partial charge in [-0.1, -0.05) is 6.42 Å². The summed E-state index contributed by atoms with van der Waals surface area (Å²) in [4.78, 5) is 16.8. The van der Waals surface area contributed by atoms with Crippen molar-refractivity contribution in [1.29, 1.82) is 0 Å². The molecule has 23 heavy (non-hydrogen) atoms. The Morgan fingerprint density at radius 2 is 1.78 bits per heavy atom. The third kappa shape index (κ3) is 6.30. The molecule has 2 saturated heterocycles. The number of piperidine rings is 1. The molecule has 0 aromatic rings. The highest BCUT2D eigenvalue weighted by molar-refractivity contribution is 5.68. The molecule has 2 aliphatic heterocycles. The van der Waals surface area contributed by atoms with Crippen LogP contribution in [0.5, 0.6) is 0 Å². The summed E-state index contributed by atoms with van der Waals surface area (Å²) in [6.07, 6.45) is 6.03. The average Bonchev–Trinajstić information content (AvgIpc) is 2.72. The van der Waals surface area contributed by atoms with Crippen LogP contribution in [0.2, 0.25) is 0 Å². The zero-order valence-electron chi connectivity index (χ0n) is 15.3. The lowest BCUT2D eigenvalue weighted by atomic mass is 10.0. The molecule has 2 heterocycles. The fourth-order valence-corrected chi connectivity index (χ4v) is 3.56. The van der Waals surface area contributed by atoms with E-state index in [0.29, 0.717) is 12.0 Å². The summed E-state index contributed by atoms with van der Waals surface area (Å²) in [6.45, 7) is 10.8. The topological polar surface area (TPSA) is 42.0 Å². The van der Waals surface area contributed by atoms with E-state index in [9.17, 15) is 4.79 Å². The third-order valence-corrected chi connectivity index (χ3v) is 4.81. The van der Waals surface area contributed by atoms with E-state index < -0.39 is 5.60 Å². The number of hydrogen-bond acceptors (Lipinski definition) is 4. The molecule has 0 aromatic heterocycles. The van der Waals surface area contributed by atoms with Crippen LogP contribution in [0.4, 0.5) is 4.79 Å². The number of rotatable bonds is 3. The summed E-state index contributed by atoms with van der Waals surface area (Å²) >= 11 is 0. The number of likely N-dealkylation sites (tertiary alicyclic amines) is 2. The zero-order chi connectivity index (χ0) is 16.9. The van der Waals surface area contributed by atoms with Crippen LogP contribution < -0.4 is 0 Å². The average molecular weight is 326 g/mol. The molecule has 0 radical (unpaired) electrons. The van der Waals surface area contributed by atoms with Crippen LogP contribution in [0, 0.1) is 5.92 Å². The molecule has 1 atom stereocenters. The molecule has 2 aliphatic rings. The number of ether oxygens (including phenoxy) is 2. The van der Waals surface area contributed by atoms with Crippen molar-refractivity contribution >= 4 is 6.09 Å². The van der Waals surface area contributed by atoms with Crippen LogP contribution >= 0.6 is 0 Å². The molecule has 5 nitrogen and oxygen atoms in total. The maximum absolute atomic E-state index is 12.4. The van der Waals surface area contributed by atoms with E-state index in [1.165, 1.54) is 12.8 Å². The van der Waals surface area contributed by atoms with E-state index >= 15 is 0 Å². The highest BCUT2D eigenvalue weighted by atomic mass is 16.6. The second-order valence-electron chi connectivity index (χ2n) is 8.02. The minimum Gasteiger partial charge on any atom is -0.444 e. The third-order valence-electron chi connectivity index (χ3n) is 4.81. The fraction of sp³-hybridized carbons (Fsp3) is 0.944. The summed E-state index contributed by atoms with van der Waals surface area (Å²) in [5, 5.41) is 0. The molecule has 1 amide bonds. The van der Waals surface area contributed by atoms with E-state index in [2.05, 4.69) is 4.90 Å². The smallest absolute Gasteiger partial charge is 0.410 e. The fourth-order valence-electron chi connectivity index (χ4n) is 3.56. The standard InChI is InChI=1S/C18H34N2O3/c1-18(2,3)23-17(21)20-10-6-5-7-15(14-20)13-19-11-8-16(22-4)9-12-19/h15-16H,5-14H2,1-4H3/t15-/m0/s1. The second kappa shape index (κ2) is 8.34. The Morgan fingerprint density at radius 3 is 2.39 bits per heavy atom. The minimum absolute atomic E-state index is 0.150. The Morgan fingerprint density at radius 1 is 1.09 bits per heavy atom.